The molecule has 1 fully saturated rings. The predicted octanol–water partition coefficient (Wildman–Crippen LogP) is 3.06. The van der Waals surface area contributed by atoms with E-state index in [9.17, 15) is 10.1 Å². The van der Waals surface area contributed by atoms with Crippen LogP contribution in [0.15, 0.2) is 18.3 Å². The minimum absolute atomic E-state index is 0.0253. The summed E-state index contributed by atoms with van der Waals surface area (Å²) in [7, 11) is 4.27. The van der Waals surface area contributed by atoms with Gasteiger partial charge in [-0.1, -0.05) is 25.7 Å². The molecule has 1 N–H and O–H groups in total. The monoisotopic (exact) mass is 292 g/mol. The largest absolute Gasteiger partial charge is 0.368 e. The summed E-state index contributed by atoms with van der Waals surface area (Å²) >= 11 is 0. The summed E-state index contributed by atoms with van der Waals surface area (Å²) in [5, 5.41) is 14.0. The van der Waals surface area contributed by atoms with E-state index in [0.717, 1.165) is 6.54 Å². The highest BCUT2D eigenvalue weighted by Crippen LogP contribution is 2.31. The van der Waals surface area contributed by atoms with Crippen molar-refractivity contribution in [2.45, 2.75) is 44.1 Å². The van der Waals surface area contributed by atoms with Crippen molar-refractivity contribution >= 4 is 11.5 Å². The Morgan fingerprint density at radius 2 is 1.95 bits per heavy atom. The maximum atomic E-state index is 10.6. The van der Waals surface area contributed by atoms with E-state index in [1.165, 1.54) is 50.8 Å². The van der Waals surface area contributed by atoms with E-state index >= 15 is 0 Å². The van der Waals surface area contributed by atoms with Crippen LogP contribution in [0.5, 0.6) is 0 Å². The molecule has 6 nitrogen and oxygen atoms in total. The van der Waals surface area contributed by atoms with Crippen molar-refractivity contribution in [2.24, 2.45) is 0 Å². The molecule has 1 aromatic heterocycles. The van der Waals surface area contributed by atoms with Crippen molar-refractivity contribution in [1.82, 2.24) is 9.88 Å². The highest BCUT2D eigenvalue weighted by atomic mass is 16.6. The Balaban J connectivity index is 2.02. The van der Waals surface area contributed by atoms with Gasteiger partial charge in [0.1, 0.15) is 12.0 Å². The third-order valence-electron chi connectivity index (χ3n) is 4.54. The van der Waals surface area contributed by atoms with Gasteiger partial charge in [-0.15, -0.1) is 0 Å². The highest BCUT2D eigenvalue weighted by molar-refractivity contribution is 5.40. The zero-order chi connectivity index (χ0) is 15.3. The molecule has 0 unspecified atom stereocenters. The van der Waals surface area contributed by atoms with Gasteiger partial charge in [0, 0.05) is 18.2 Å². The summed E-state index contributed by atoms with van der Waals surface area (Å²) in [6.07, 6.45) is 8.80. The summed E-state index contributed by atoms with van der Waals surface area (Å²) in [5.41, 5.74) is 0.178. The molecular weight excluding hydrogens is 268 g/mol. The van der Waals surface area contributed by atoms with Crippen LogP contribution in [0.2, 0.25) is 0 Å². The summed E-state index contributed by atoms with van der Waals surface area (Å²) in [4.78, 5) is 16.7. The number of hydrogen-bond acceptors (Lipinski definition) is 5. The Morgan fingerprint density at radius 3 is 2.43 bits per heavy atom. The van der Waals surface area contributed by atoms with E-state index in [-0.39, 0.29) is 11.2 Å². The molecule has 0 bridgehead atoms. The van der Waals surface area contributed by atoms with Crippen LogP contribution in [-0.2, 0) is 0 Å². The fourth-order valence-electron chi connectivity index (χ4n) is 3.02. The number of nitrogens with one attached hydrogen (secondary N) is 1. The second kappa shape index (κ2) is 6.85. The molecule has 1 saturated carbocycles. The first-order valence-corrected chi connectivity index (χ1v) is 7.55. The summed E-state index contributed by atoms with van der Waals surface area (Å²) in [5.74, 6) is 0.700. The number of hydrogen-bond donors (Lipinski definition) is 1. The van der Waals surface area contributed by atoms with Crippen LogP contribution in [0.1, 0.15) is 38.5 Å². The Hall–Kier alpha value is -1.69. The Labute approximate surface area is 125 Å². The predicted molar refractivity (Wildman–Crippen MR) is 83.5 cm³/mol. The van der Waals surface area contributed by atoms with Gasteiger partial charge in [-0.25, -0.2) is 4.98 Å². The van der Waals surface area contributed by atoms with E-state index in [2.05, 4.69) is 29.3 Å². The van der Waals surface area contributed by atoms with E-state index in [1.807, 2.05) is 0 Å². The molecule has 0 spiro atoms. The first kappa shape index (κ1) is 15.7. The third-order valence-corrected chi connectivity index (χ3v) is 4.54. The molecule has 6 heteroatoms. The van der Waals surface area contributed by atoms with Gasteiger partial charge >= 0.3 is 0 Å². The van der Waals surface area contributed by atoms with Gasteiger partial charge in [0.2, 0.25) is 0 Å². The van der Waals surface area contributed by atoms with Crippen LogP contribution in [0.4, 0.5) is 11.5 Å². The molecule has 2 rings (SSSR count). The van der Waals surface area contributed by atoms with E-state index in [4.69, 9.17) is 0 Å². The van der Waals surface area contributed by atoms with Crippen molar-refractivity contribution in [3.8, 4) is 0 Å². The maximum Gasteiger partial charge on any atom is 0.287 e. The van der Waals surface area contributed by atoms with Crippen molar-refractivity contribution < 1.29 is 4.92 Å². The normalized spacial score (nSPS) is 18.2. The van der Waals surface area contributed by atoms with Crippen LogP contribution >= 0.6 is 0 Å². The Morgan fingerprint density at radius 1 is 1.29 bits per heavy atom. The SMILES string of the molecule is CN(C)C1(CNc2ccc([N+](=O)[O-])cn2)CCCCCC1. The van der Waals surface area contributed by atoms with Crippen LogP contribution in [-0.4, -0.2) is 41.0 Å². The minimum Gasteiger partial charge on any atom is -0.368 e. The molecule has 0 aliphatic heterocycles. The van der Waals surface area contributed by atoms with E-state index in [1.54, 1.807) is 6.07 Å². The molecule has 1 aliphatic carbocycles. The first-order chi connectivity index (χ1) is 10.0. The molecule has 116 valence electrons. The number of anilines is 1. The van der Waals surface area contributed by atoms with Gasteiger partial charge in [0.05, 0.1) is 4.92 Å². The van der Waals surface area contributed by atoms with Crippen LogP contribution < -0.4 is 5.32 Å². The van der Waals surface area contributed by atoms with E-state index < -0.39 is 4.92 Å². The fraction of sp³-hybridized carbons (Fsp3) is 0.667. The second-order valence-electron chi connectivity index (χ2n) is 6.05. The third kappa shape index (κ3) is 3.91. The average molecular weight is 292 g/mol. The lowest BCUT2D eigenvalue weighted by Gasteiger charge is -2.39. The second-order valence-corrected chi connectivity index (χ2v) is 6.05. The molecule has 0 amide bonds. The molecule has 0 atom stereocenters. The first-order valence-electron chi connectivity index (χ1n) is 7.55. The van der Waals surface area contributed by atoms with Crippen molar-refractivity contribution in [1.29, 1.82) is 0 Å². The van der Waals surface area contributed by atoms with E-state index in [0.29, 0.717) is 5.82 Å². The fourth-order valence-corrected chi connectivity index (χ4v) is 3.02. The molecule has 1 aromatic rings. The number of nitro groups is 1. The lowest BCUT2D eigenvalue weighted by atomic mass is 9.88. The summed E-state index contributed by atoms with van der Waals surface area (Å²) in [6, 6.07) is 3.17. The number of likely N-dealkylation sites (N-methyl/N-ethyl adjacent to an activating group) is 1. The van der Waals surface area contributed by atoms with Gasteiger partial charge in [0.15, 0.2) is 0 Å². The van der Waals surface area contributed by atoms with Gasteiger partial charge in [-0.2, -0.15) is 0 Å². The van der Waals surface area contributed by atoms with Gasteiger partial charge in [0.25, 0.3) is 5.69 Å². The molecular formula is C15H24N4O2. The number of aromatic nitrogens is 1. The Bertz CT molecular complexity index is 465. The lowest BCUT2D eigenvalue weighted by Crippen LogP contribution is -2.49. The highest BCUT2D eigenvalue weighted by Gasteiger charge is 2.32. The van der Waals surface area contributed by atoms with Crippen LogP contribution in [0.3, 0.4) is 0 Å². The van der Waals surface area contributed by atoms with Crippen LogP contribution in [0, 0.1) is 10.1 Å². The number of nitrogens with zero attached hydrogens (tertiary/aromatic N) is 3. The molecule has 0 radical (unpaired) electrons. The molecule has 0 saturated heterocycles. The van der Waals surface area contributed by atoms with Gasteiger partial charge < -0.3 is 10.2 Å². The quantitative estimate of drug-likeness (QED) is 0.513. The topological polar surface area (TPSA) is 71.3 Å². The smallest absolute Gasteiger partial charge is 0.287 e. The number of pyridine rings is 1. The zero-order valence-electron chi connectivity index (χ0n) is 12.8. The summed E-state index contributed by atoms with van der Waals surface area (Å²) < 4.78 is 0. The van der Waals surface area contributed by atoms with Gasteiger partial charge in [-0.05, 0) is 33.0 Å². The lowest BCUT2D eigenvalue weighted by molar-refractivity contribution is -0.385. The van der Waals surface area contributed by atoms with Crippen molar-refractivity contribution in [2.75, 3.05) is 26.0 Å². The van der Waals surface area contributed by atoms with Gasteiger partial charge in [-0.3, -0.25) is 10.1 Å². The molecule has 21 heavy (non-hydrogen) atoms. The molecule has 0 aromatic carbocycles. The molecule has 1 aliphatic rings. The van der Waals surface area contributed by atoms with Crippen molar-refractivity contribution in [3.63, 3.8) is 0 Å². The van der Waals surface area contributed by atoms with Crippen molar-refractivity contribution in [3.05, 3.63) is 28.4 Å². The number of rotatable bonds is 5. The van der Waals surface area contributed by atoms with Crippen LogP contribution in [0.25, 0.3) is 0 Å². The summed E-state index contributed by atoms with van der Waals surface area (Å²) in [6.45, 7) is 0.824. The Kier molecular flexibility index (Phi) is 5.12. The average Bonchev–Trinajstić information content (AvgIpc) is 2.72. The maximum absolute atomic E-state index is 10.6. The minimum atomic E-state index is -0.427. The standard InChI is InChI=1S/C15H24N4O2/c1-18(2)15(9-5-3-4-6-10-15)12-17-14-8-7-13(11-16-14)19(20)21/h7-8,11H,3-6,9-10,12H2,1-2H3,(H,16,17). The zero-order valence-corrected chi connectivity index (χ0v) is 12.8. The molecule has 1 heterocycles.